The highest BCUT2D eigenvalue weighted by Crippen LogP contribution is 2.36. The maximum atomic E-state index is 6.06. The number of rotatable bonds is 7. The van der Waals surface area contributed by atoms with Crippen molar-refractivity contribution in [2.75, 3.05) is 19.8 Å². The molecule has 0 aromatic heterocycles. The van der Waals surface area contributed by atoms with E-state index in [-0.39, 0.29) is 18.3 Å². The lowest BCUT2D eigenvalue weighted by molar-refractivity contribution is 0.00578. The Hall–Kier alpha value is -1.04. The average Bonchev–Trinajstić information content (AvgIpc) is 2.68. The van der Waals surface area contributed by atoms with Gasteiger partial charge in [0.05, 0.1) is 17.8 Å². The van der Waals surface area contributed by atoms with Crippen LogP contribution in [0.2, 0.25) is 0 Å². The zero-order valence-corrected chi connectivity index (χ0v) is 14.3. The standard InChI is InChI=1S/C17H27BO4/c1-6-10-19-11-12-20-15-9-7-8-14(13-15)18-21-16(2,3)17(4,5)22-18/h7-9,13H,6,10-12H2,1-5H3. The van der Waals surface area contributed by atoms with E-state index in [0.29, 0.717) is 13.2 Å². The molecule has 0 atom stereocenters. The molecule has 0 radical (unpaired) electrons. The largest absolute Gasteiger partial charge is 0.494 e. The van der Waals surface area contributed by atoms with Crippen molar-refractivity contribution in [3.05, 3.63) is 24.3 Å². The van der Waals surface area contributed by atoms with E-state index >= 15 is 0 Å². The van der Waals surface area contributed by atoms with Crippen LogP contribution in [0.1, 0.15) is 41.0 Å². The summed E-state index contributed by atoms with van der Waals surface area (Å²) in [5.74, 6) is 0.812. The summed E-state index contributed by atoms with van der Waals surface area (Å²) >= 11 is 0. The van der Waals surface area contributed by atoms with E-state index in [2.05, 4.69) is 34.6 Å². The van der Waals surface area contributed by atoms with Crippen LogP contribution in [-0.2, 0) is 14.0 Å². The molecule has 22 heavy (non-hydrogen) atoms. The molecule has 4 nitrogen and oxygen atoms in total. The van der Waals surface area contributed by atoms with Crippen molar-refractivity contribution < 1.29 is 18.8 Å². The Bertz CT molecular complexity index is 471. The van der Waals surface area contributed by atoms with Gasteiger partial charge in [0.25, 0.3) is 0 Å². The molecule has 0 amide bonds. The maximum Gasteiger partial charge on any atom is 0.494 e. The van der Waals surface area contributed by atoms with Crippen LogP contribution in [0.4, 0.5) is 0 Å². The smallest absolute Gasteiger partial charge is 0.491 e. The van der Waals surface area contributed by atoms with Crippen LogP contribution >= 0.6 is 0 Å². The number of hydrogen-bond acceptors (Lipinski definition) is 4. The third-order valence-corrected chi connectivity index (χ3v) is 4.23. The van der Waals surface area contributed by atoms with E-state index < -0.39 is 0 Å². The van der Waals surface area contributed by atoms with Gasteiger partial charge in [-0.25, -0.2) is 0 Å². The summed E-state index contributed by atoms with van der Waals surface area (Å²) in [4.78, 5) is 0. The highest BCUT2D eigenvalue weighted by molar-refractivity contribution is 6.62. The van der Waals surface area contributed by atoms with Gasteiger partial charge in [-0.1, -0.05) is 19.1 Å². The molecule has 1 aliphatic rings. The van der Waals surface area contributed by atoms with Gasteiger partial charge in [-0.2, -0.15) is 0 Å². The van der Waals surface area contributed by atoms with Gasteiger partial charge in [0.15, 0.2) is 0 Å². The minimum atomic E-state index is -0.357. The van der Waals surface area contributed by atoms with Gasteiger partial charge in [0.1, 0.15) is 12.4 Å². The first-order chi connectivity index (χ1) is 10.4. The first kappa shape index (κ1) is 17.3. The molecule has 0 bridgehead atoms. The zero-order chi connectivity index (χ0) is 16.2. The molecule has 0 unspecified atom stereocenters. The Balaban J connectivity index is 1.95. The van der Waals surface area contributed by atoms with Crippen molar-refractivity contribution in [3.63, 3.8) is 0 Å². The first-order valence-electron chi connectivity index (χ1n) is 8.02. The molecule has 1 heterocycles. The second-order valence-corrected chi connectivity index (χ2v) is 6.62. The van der Waals surface area contributed by atoms with E-state index in [4.69, 9.17) is 18.8 Å². The fourth-order valence-corrected chi connectivity index (χ4v) is 2.19. The normalized spacial score (nSPS) is 19.4. The summed E-state index contributed by atoms with van der Waals surface area (Å²) in [5.41, 5.74) is 0.316. The van der Waals surface area contributed by atoms with Crippen molar-refractivity contribution >= 4 is 12.6 Å². The molecular formula is C17H27BO4. The summed E-state index contributed by atoms with van der Waals surface area (Å²) in [6, 6.07) is 7.88. The van der Waals surface area contributed by atoms with Crippen LogP contribution in [0.3, 0.4) is 0 Å². The average molecular weight is 306 g/mol. The van der Waals surface area contributed by atoms with Crippen molar-refractivity contribution in [3.8, 4) is 5.75 Å². The van der Waals surface area contributed by atoms with Crippen LogP contribution in [0.15, 0.2) is 24.3 Å². The van der Waals surface area contributed by atoms with E-state index in [1.165, 1.54) is 0 Å². The van der Waals surface area contributed by atoms with Crippen LogP contribution < -0.4 is 10.2 Å². The van der Waals surface area contributed by atoms with Gasteiger partial charge >= 0.3 is 7.12 Å². The topological polar surface area (TPSA) is 36.9 Å². The lowest BCUT2D eigenvalue weighted by atomic mass is 9.79. The molecule has 5 heteroatoms. The van der Waals surface area contributed by atoms with Crippen LogP contribution in [0.25, 0.3) is 0 Å². The van der Waals surface area contributed by atoms with E-state index in [1.54, 1.807) is 0 Å². The Morgan fingerprint density at radius 1 is 1.00 bits per heavy atom. The van der Waals surface area contributed by atoms with Gasteiger partial charge in [0, 0.05) is 6.61 Å². The summed E-state index contributed by atoms with van der Waals surface area (Å²) in [6.07, 6.45) is 1.03. The highest BCUT2D eigenvalue weighted by atomic mass is 16.7. The van der Waals surface area contributed by atoms with E-state index in [1.807, 2.05) is 24.3 Å². The van der Waals surface area contributed by atoms with Gasteiger partial charge < -0.3 is 18.8 Å². The molecule has 1 aromatic carbocycles. The van der Waals surface area contributed by atoms with Crippen molar-refractivity contribution in [1.29, 1.82) is 0 Å². The third kappa shape index (κ3) is 4.03. The molecule has 1 aromatic rings. The first-order valence-corrected chi connectivity index (χ1v) is 8.02. The molecule has 0 saturated carbocycles. The van der Waals surface area contributed by atoms with Crippen LogP contribution in [-0.4, -0.2) is 38.1 Å². The fourth-order valence-electron chi connectivity index (χ4n) is 2.19. The highest BCUT2D eigenvalue weighted by Gasteiger charge is 2.51. The zero-order valence-electron chi connectivity index (χ0n) is 14.3. The third-order valence-electron chi connectivity index (χ3n) is 4.23. The number of hydrogen-bond donors (Lipinski definition) is 0. The monoisotopic (exact) mass is 306 g/mol. The predicted molar refractivity (Wildman–Crippen MR) is 88.8 cm³/mol. The number of ether oxygens (including phenoxy) is 2. The molecule has 0 spiro atoms. The number of benzene rings is 1. The lowest BCUT2D eigenvalue weighted by Crippen LogP contribution is -2.41. The van der Waals surface area contributed by atoms with Gasteiger partial charge in [0.2, 0.25) is 0 Å². The van der Waals surface area contributed by atoms with E-state index in [9.17, 15) is 0 Å². The summed E-state index contributed by atoms with van der Waals surface area (Å²) in [7, 11) is -0.357. The molecule has 0 N–H and O–H groups in total. The summed E-state index contributed by atoms with van der Waals surface area (Å²) in [5, 5.41) is 0. The minimum absolute atomic E-state index is 0.331. The Morgan fingerprint density at radius 2 is 1.68 bits per heavy atom. The minimum Gasteiger partial charge on any atom is -0.491 e. The second-order valence-electron chi connectivity index (χ2n) is 6.62. The van der Waals surface area contributed by atoms with Crippen molar-refractivity contribution in [2.24, 2.45) is 0 Å². The van der Waals surface area contributed by atoms with Crippen LogP contribution in [0.5, 0.6) is 5.75 Å². The van der Waals surface area contributed by atoms with Crippen molar-refractivity contribution in [2.45, 2.75) is 52.2 Å². The molecular weight excluding hydrogens is 279 g/mol. The SMILES string of the molecule is CCCOCCOc1cccc(B2OC(C)(C)C(C)(C)O2)c1. The van der Waals surface area contributed by atoms with Crippen molar-refractivity contribution in [1.82, 2.24) is 0 Å². The summed E-state index contributed by atoms with van der Waals surface area (Å²) in [6.45, 7) is 12.2. The van der Waals surface area contributed by atoms with Gasteiger partial charge in [-0.3, -0.25) is 0 Å². The molecule has 122 valence electrons. The van der Waals surface area contributed by atoms with Gasteiger partial charge in [-0.05, 0) is 51.7 Å². The van der Waals surface area contributed by atoms with Gasteiger partial charge in [-0.15, -0.1) is 0 Å². The predicted octanol–water partition coefficient (Wildman–Crippen LogP) is 2.79. The molecule has 2 rings (SSSR count). The molecule has 0 aliphatic carbocycles. The van der Waals surface area contributed by atoms with Crippen LogP contribution in [0, 0.1) is 0 Å². The maximum absolute atomic E-state index is 6.06. The second kappa shape index (κ2) is 7.03. The molecule has 1 fully saturated rings. The Kier molecular flexibility index (Phi) is 5.53. The summed E-state index contributed by atoms with van der Waals surface area (Å²) < 4.78 is 23.3. The lowest BCUT2D eigenvalue weighted by Gasteiger charge is -2.32. The molecule has 1 saturated heterocycles. The molecule has 1 aliphatic heterocycles. The quantitative estimate of drug-likeness (QED) is 0.573. The fraction of sp³-hybridized carbons (Fsp3) is 0.647. The van der Waals surface area contributed by atoms with E-state index in [0.717, 1.165) is 24.2 Å². The Labute approximate surface area is 134 Å². The Morgan fingerprint density at radius 3 is 2.32 bits per heavy atom.